The average Bonchev–Trinajstić information content (AvgIpc) is 2.63. The summed E-state index contributed by atoms with van der Waals surface area (Å²) < 4.78 is 43.7. The lowest BCUT2D eigenvalue weighted by molar-refractivity contribution is -0.137. The molecular formula is C19H18F3N5O. The number of hydrogen-bond acceptors (Lipinski definition) is 6. The van der Waals surface area contributed by atoms with E-state index in [-0.39, 0.29) is 12.1 Å². The van der Waals surface area contributed by atoms with Crippen LogP contribution >= 0.6 is 0 Å². The predicted molar refractivity (Wildman–Crippen MR) is 100 cm³/mol. The van der Waals surface area contributed by atoms with Crippen molar-refractivity contribution in [2.75, 3.05) is 10.6 Å². The molecule has 1 aromatic heterocycles. The van der Waals surface area contributed by atoms with E-state index in [1.807, 2.05) is 38.1 Å². The minimum Gasteiger partial charge on any atom is -0.489 e. The molecule has 0 radical (unpaired) electrons. The van der Waals surface area contributed by atoms with Gasteiger partial charge >= 0.3 is 6.18 Å². The third kappa shape index (κ3) is 5.09. The van der Waals surface area contributed by atoms with Crippen LogP contribution in [0.4, 0.5) is 36.3 Å². The summed E-state index contributed by atoms with van der Waals surface area (Å²) in [6, 6.07) is 12.0. The zero-order valence-electron chi connectivity index (χ0n) is 15.2. The fourth-order valence-electron chi connectivity index (χ4n) is 2.35. The first kappa shape index (κ1) is 19.4. The maximum absolute atomic E-state index is 12.6. The number of nitrogens with one attached hydrogen (secondary N) is 2. The first-order chi connectivity index (χ1) is 13.3. The molecule has 9 heteroatoms. The lowest BCUT2D eigenvalue weighted by Gasteiger charge is -2.15. The van der Waals surface area contributed by atoms with E-state index in [2.05, 4.69) is 25.8 Å². The molecule has 0 spiro atoms. The lowest BCUT2D eigenvalue weighted by atomic mass is 10.2. The molecule has 2 N–H and O–H groups in total. The molecule has 0 atom stereocenters. The lowest BCUT2D eigenvalue weighted by Crippen LogP contribution is -2.08. The Morgan fingerprint density at radius 2 is 1.68 bits per heavy atom. The predicted octanol–water partition coefficient (Wildman–Crippen LogP) is 5.16. The molecule has 28 heavy (non-hydrogen) atoms. The van der Waals surface area contributed by atoms with E-state index < -0.39 is 11.7 Å². The van der Waals surface area contributed by atoms with E-state index in [0.29, 0.717) is 22.9 Å². The fraction of sp³-hybridized carbons (Fsp3) is 0.211. The second-order valence-corrected chi connectivity index (χ2v) is 6.15. The molecule has 0 aliphatic rings. The summed E-state index contributed by atoms with van der Waals surface area (Å²) in [5.74, 6) is 1.21. The molecule has 3 rings (SSSR count). The molecule has 2 aromatic carbocycles. The highest BCUT2D eigenvalue weighted by Gasteiger charge is 2.29. The number of alkyl halides is 3. The second-order valence-electron chi connectivity index (χ2n) is 6.15. The molecule has 0 amide bonds. The van der Waals surface area contributed by atoms with E-state index in [4.69, 9.17) is 4.74 Å². The molecular weight excluding hydrogens is 371 g/mol. The Hall–Kier alpha value is -3.36. The second kappa shape index (κ2) is 8.12. The van der Waals surface area contributed by atoms with Crippen LogP contribution in [0.25, 0.3) is 0 Å². The summed E-state index contributed by atoms with van der Waals surface area (Å²) in [6.07, 6.45) is -2.95. The molecule has 0 saturated carbocycles. The van der Waals surface area contributed by atoms with Crippen LogP contribution in [0.15, 0.2) is 54.7 Å². The van der Waals surface area contributed by atoms with Gasteiger partial charge in [0.05, 0.1) is 23.6 Å². The van der Waals surface area contributed by atoms with Gasteiger partial charge in [-0.05, 0) is 50.2 Å². The summed E-state index contributed by atoms with van der Waals surface area (Å²) in [7, 11) is 0. The Balaban J connectivity index is 1.75. The van der Waals surface area contributed by atoms with Crippen LogP contribution in [0.3, 0.4) is 0 Å². The fourth-order valence-corrected chi connectivity index (χ4v) is 2.35. The van der Waals surface area contributed by atoms with Gasteiger partial charge in [0.15, 0.2) is 5.82 Å². The number of benzene rings is 2. The van der Waals surface area contributed by atoms with Crippen LogP contribution in [0.1, 0.15) is 19.4 Å². The van der Waals surface area contributed by atoms with E-state index in [1.54, 1.807) is 0 Å². The molecule has 0 bridgehead atoms. The number of hydrogen-bond donors (Lipinski definition) is 2. The van der Waals surface area contributed by atoms with E-state index >= 15 is 0 Å². The normalized spacial score (nSPS) is 11.4. The number of anilines is 4. The van der Waals surface area contributed by atoms with Crippen molar-refractivity contribution < 1.29 is 17.9 Å². The first-order valence-electron chi connectivity index (χ1n) is 8.48. The minimum absolute atomic E-state index is 0.00312. The highest BCUT2D eigenvalue weighted by Crippen LogP contribution is 2.30. The van der Waals surface area contributed by atoms with Gasteiger partial charge in [0, 0.05) is 5.69 Å². The van der Waals surface area contributed by atoms with Crippen molar-refractivity contribution in [3.63, 3.8) is 0 Å². The topological polar surface area (TPSA) is 72.0 Å². The SMILES string of the molecule is CC(C)Oc1ccccc1Nc1cnnc(Nc2ccc(C(F)(F)F)cc2)n1. The standard InChI is InChI=1S/C19H18F3N5O/c1-12(2)28-16-6-4-3-5-15(16)25-17-11-23-27-18(26-17)24-14-9-7-13(8-10-14)19(20,21)22/h3-12H,1-2H3,(H2,24,25,26,27). The monoisotopic (exact) mass is 389 g/mol. The van der Waals surface area contributed by atoms with Gasteiger partial charge in [-0.1, -0.05) is 12.1 Å². The molecule has 3 aromatic rings. The van der Waals surface area contributed by atoms with Gasteiger partial charge < -0.3 is 15.4 Å². The summed E-state index contributed by atoms with van der Waals surface area (Å²) in [4.78, 5) is 4.28. The van der Waals surface area contributed by atoms with Crippen LogP contribution in [0.2, 0.25) is 0 Å². The van der Waals surface area contributed by atoms with Gasteiger partial charge in [-0.2, -0.15) is 23.3 Å². The van der Waals surface area contributed by atoms with E-state index in [1.165, 1.54) is 18.3 Å². The minimum atomic E-state index is -4.38. The maximum Gasteiger partial charge on any atom is 0.416 e. The number of halogens is 3. The third-order valence-electron chi connectivity index (χ3n) is 3.54. The zero-order chi connectivity index (χ0) is 20.1. The van der Waals surface area contributed by atoms with Crippen molar-refractivity contribution in [3.8, 4) is 5.75 Å². The van der Waals surface area contributed by atoms with Crippen LogP contribution in [-0.2, 0) is 6.18 Å². The maximum atomic E-state index is 12.6. The van der Waals surface area contributed by atoms with Crippen molar-refractivity contribution in [2.45, 2.75) is 26.1 Å². The number of para-hydroxylation sites is 2. The van der Waals surface area contributed by atoms with Crippen molar-refractivity contribution in [2.24, 2.45) is 0 Å². The molecule has 0 aliphatic carbocycles. The summed E-state index contributed by atoms with van der Waals surface area (Å²) in [6.45, 7) is 3.85. The Morgan fingerprint density at radius 3 is 2.36 bits per heavy atom. The molecule has 0 saturated heterocycles. The Morgan fingerprint density at radius 1 is 0.964 bits per heavy atom. The number of ether oxygens (including phenoxy) is 1. The molecule has 1 heterocycles. The van der Waals surface area contributed by atoms with Gasteiger partial charge in [0.2, 0.25) is 5.95 Å². The Kier molecular flexibility index (Phi) is 5.62. The largest absolute Gasteiger partial charge is 0.489 e. The van der Waals surface area contributed by atoms with Gasteiger partial charge in [-0.25, -0.2) is 0 Å². The van der Waals surface area contributed by atoms with Crippen molar-refractivity contribution in [1.29, 1.82) is 0 Å². The summed E-state index contributed by atoms with van der Waals surface area (Å²) >= 11 is 0. The molecule has 0 fully saturated rings. The van der Waals surface area contributed by atoms with Crippen LogP contribution < -0.4 is 15.4 Å². The van der Waals surface area contributed by atoms with Crippen LogP contribution in [0.5, 0.6) is 5.75 Å². The molecule has 6 nitrogen and oxygen atoms in total. The van der Waals surface area contributed by atoms with E-state index in [9.17, 15) is 13.2 Å². The van der Waals surface area contributed by atoms with Crippen LogP contribution in [-0.4, -0.2) is 21.3 Å². The van der Waals surface area contributed by atoms with Crippen LogP contribution in [0, 0.1) is 0 Å². The van der Waals surface area contributed by atoms with Crippen molar-refractivity contribution in [3.05, 3.63) is 60.3 Å². The summed E-state index contributed by atoms with van der Waals surface area (Å²) in [5.41, 5.74) is 0.391. The highest BCUT2D eigenvalue weighted by molar-refractivity contribution is 5.64. The third-order valence-corrected chi connectivity index (χ3v) is 3.54. The summed E-state index contributed by atoms with van der Waals surface area (Å²) in [5, 5.41) is 13.7. The highest BCUT2D eigenvalue weighted by atomic mass is 19.4. The number of nitrogens with zero attached hydrogens (tertiary/aromatic N) is 3. The van der Waals surface area contributed by atoms with Gasteiger partial charge in [0.1, 0.15) is 5.75 Å². The number of aromatic nitrogens is 3. The number of rotatable bonds is 6. The first-order valence-corrected chi connectivity index (χ1v) is 8.48. The van der Waals surface area contributed by atoms with E-state index in [0.717, 1.165) is 12.1 Å². The Labute approximate surface area is 159 Å². The smallest absolute Gasteiger partial charge is 0.416 e. The molecule has 0 aliphatic heterocycles. The molecule has 146 valence electrons. The van der Waals surface area contributed by atoms with Gasteiger partial charge in [0.25, 0.3) is 0 Å². The van der Waals surface area contributed by atoms with Gasteiger partial charge in [-0.3, -0.25) is 0 Å². The average molecular weight is 389 g/mol. The zero-order valence-corrected chi connectivity index (χ0v) is 15.2. The van der Waals surface area contributed by atoms with Gasteiger partial charge in [-0.15, -0.1) is 5.10 Å². The quantitative estimate of drug-likeness (QED) is 0.606. The molecule has 0 unspecified atom stereocenters. The Bertz CT molecular complexity index is 929. The van der Waals surface area contributed by atoms with Crippen molar-refractivity contribution >= 4 is 23.1 Å². The van der Waals surface area contributed by atoms with Crippen molar-refractivity contribution in [1.82, 2.24) is 15.2 Å².